The molecule has 3 heteroatoms. The molecule has 0 heterocycles. The lowest BCUT2D eigenvalue weighted by Crippen LogP contribution is -2.23. The van der Waals surface area contributed by atoms with Gasteiger partial charge in [-0.3, -0.25) is 0 Å². The number of aryl methyl sites for hydroxylation is 1. The molecule has 0 spiro atoms. The number of hydrogen-bond acceptors (Lipinski definition) is 2. The first kappa shape index (κ1) is 16.5. The Morgan fingerprint density at radius 2 is 2.00 bits per heavy atom. The van der Waals surface area contributed by atoms with Gasteiger partial charge < -0.3 is 10.1 Å². The van der Waals surface area contributed by atoms with E-state index in [1.807, 2.05) is 6.92 Å². The molecule has 1 aromatic rings. The third-order valence-electron chi connectivity index (χ3n) is 2.99. The van der Waals surface area contributed by atoms with Gasteiger partial charge in [-0.25, -0.2) is 0 Å². The first-order chi connectivity index (χ1) is 9.13. The monoisotopic (exact) mass is 327 g/mol. The summed E-state index contributed by atoms with van der Waals surface area (Å²) >= 11 is 3.56. The maximum atomic E-state index is 5.52. The van der Waals surface area contributed by atoms with Gasteiger partial charge in [0.1, 0.15) is 5.75 Å². The van der Waals surface area contributed by atoms with Gasteiger partial charge in [0.25, 0.3) is 0 Å². The molecule has 0 unspecified atom stereocenters. The Hall–Kier alpha value is -0.540. The standard InChI is InChI=1S/C16H26BrNO/c1-4-19-16-10-9-14(12-15(16)17)8-6-5-7-11-18-13(2)3/h9-10,12-13,18H,4-8,11H2,1-3H3. The third kappa shape index (κ3) is 6.98. The molecule has 1 rings (SSSR count). The van der Waals surface area contributed by atoms with Crippen molar-refractivity contribution in [3.63, 3.8) is 0 Å². The molecule has 0 aliphatic carbocycles. The minimum atomic E-state index is 0.599. The Balaban J connectivity index is 2.24. The lowest BCUT2D eigenvalue weighted by molar-refractivity contribution is 0.338. The lowest BCUT2D eigenvalue weighted by Gasteiger charge is -2.09. The summed E-state index contributed by atoms with van der Waals surface area (Å²) in [6.07, 6.45) is 4.94. The van der Waals surface area contributed by atoms with Gasteiger partial charge >= 0.3 is 0 Å². The van der Waals surface area contributed by atoms with E-state index >= 15 is 0 Å². The summed E-state index contributed by atoms with van der Waals surface area (Å²) in [4.78, 5) is 0. The SMILES string of the molecule is CCOc1ccc(CCCCCNC(C)C)cc1Br. The number of rotatable bonds is 9. The first-order valence-electron chi connectivity index (χ1n) is 7.28. The highest BCUT2D eigenvalue weighted by atomic mass is 79.9. The van der Waals surface area contributed by atoms with Crippen LogP contribution in [0.25, 0.3) is 0 Å². The quantitative estimate of drug-likeness (QED) is 0.671. The van der Waals surface area contributed by atoms with Gasteiger partial charge in [-0.2, -0.15) is 0 Å². The Kier molecular flexibility index (Phi) is 8.15. The molecule has 1 N–H and O–H groups in total. The van der Waals surface area contributed by atoms with E-state index in [-0.39, 0.29) is 0 Å². The Morgan fingerprint density at radius 1 is 1.21 bits per heavy atom. The van der Waals surface area contributed by atoms with Crippen molar-refractivity contribution in [2.45, 2.75) is 52.5 Å². The fourth-order valence-electron chi connectivity index (χ4n) is 1.99. The van der Waals surface area contributed by atoms with Crippen LogP contribution in [-0.2, 0) is 6.42 Å². The summed E-state index contributed by atoms with van der Waals surface area (Å²) < 4.78 is 6.58. The summed E-state index contributed by atoms with van der Waals surface area (Å²) in [6.45, 7) is 8.23. The highest BCUT2D eigenvalue weighted by molar-refractivity contribution is 9.10. The molecule has 0 saturated heterocycles. The molecule has 19 heavy (non-hydrogen) atoms. The molecule has 0 aliphatic heterocycles. The van der Waals surface area contributed by atoms with Crippen molar-refractivity contribution in [2.75, 3.05) is 13.2 Å². The molecule has 0 bridgehead atoms. The van der Waals surface area contributed by atoms with Gasteiger partial charge in [0.15, 0.2) is 0 Å². The van der Waals surface area contributed by atoms with E-state index in [0.717, 1.165) is 23.2 Å². The smallest absolute Gasteiger partial charge is 0.133 e. The largest absolute Gasteiger partial charge is 0.493 e. The second kappa shape index (κ2) is 9.38. The summed E-state index contributed by atoms with van der Waals surface area (Å²) in [5, 5.41) is 3.45. The second-order valence-corrected chi connectivity index (χ2v) is 5.97. The van der Waals surface area contributed by atoms with Crippen LogP contribution in [0, 0.1) is 0 Å². The van der Waals surface area contributed by atoms with E-state index in [1.165, 1.54) is 24.8 Å². The molecule has 0 aliphatic rings. The highest BCUT2D eigenvalue weighted by Gasteiger charge is 2.02. The summed E-state index contributed by atoms with van der Waals surface area (Å²) in [6, 6.07) is 7.00. The average molecular weight is 328 g/mol. The molecule has 0 aromatic heterocycles. The Bertz CT molecular complexity index is 366. The fraction of sp³-hybridized carbons (Fsp3) is 0.625. The Labute approximate surface area is 126 Å². The molecule has 2 nitrogen and oxygen atoms in total. The van der Waals surface area contributed by atoms with Crippen LogP contribution >= 0.6 is 15.9 Å². The van der Waals surface area contributed by atoms with Crippen LogP contribution in [0.4, 0.5) is 0 Å². The molecule has 108 valence electrons. The van der Waals surface area contributed by atoms with Crippen LogP contribution in [0.2, 0.25) is 0 Å². The molecular formula is C16H26BrNO. The van der Waals surface area contributed by atoms with E-state index < -0.39 is 0 Å². The van der Waals surface area contributed by atoms with Crippen molar-refractivity contribution in [1.29, 1.82) is 0 Å². The lowest BCUT2D eigenvalue weighted by atomic mass is 10.1. The summed E-state index contributed by atoms with van der Waals surface area (Å²) in [7, 11) is 0. The van der Waals surface area contributed by atoms with E-state index in [2.05, 4.69) is 53.3 Å². The van der Waals surface area contributed by atoms with Gasteiger partial charge in [-0.05, 0) is 66.4 Å². The van der Waals surface area contributed by atoms with Crippen molar-refractivity contribution >= 4 is 15.9 Å². The van der Waals surface area contributed by atoms with Gasteiger partial charge in [0.2, 0.25) is 0 Å². The second-order valence-electron chi connectivity index (χ2n) is 5.12. The predicted molar refractivity (Wildman–Crippen MR) is 86.0 cm³/mol. The minimum absolute atomic E-state index is 0.599. The van der Waals surface area contributed by atoms with E-state index in [0.29, 0.717) is 12.6 Å². The molecular weight excluding hydrogens is 302 g/mol. The number of nitrogens with one attached hydrogen (secondary N) is 1. The highest BCUT2D eigenvalue weighted by Crippen LogP contribution is 2.26. The topological polar surface area (TPSA) is 21.3 Å². The van der Waals surface area contributed by atoms with Crippen molar-refractivity contribution < 1.29 is 4.74 Å². The molecule has 0 radical (unpaired) electrons. The molecule has 0 saturated carbocycles. The zero-order valence-corrected chi connectivity index (χ0v) is 13.9. The molecule has 0 amide bonds. The van der Waals surface area contributed by atoms with Crippen LogP contribution in [-0.4, -0.2) is 19.2 Å². The Morgan fingerprint density at radius 3 is 2.63 bits per heavy atom. The minimum Gasteiger partial charge on any atom is -0.493 e. The van der Waals surface area contributed by atoms with Crippen LogP contribution in [0.1, 0.15) is 45.6 Å². The first-order valence-corrected chi connectivity index (χ1v) is 8.07. The third-order valence-corrected chi connectivity index (χ3v) is 3.61. The normalized spacial score (nSPS) is 11.0. The van der Waals surface area contributed by atoms with Crippen molar-refractivity contribution in [3.8, 4) is 5.75 Å². The number of hydrogen-bond donors (Lipinski definition) is 1. The van der Waals surface area contributed by atoms with Crippen molar-refractivity contribution in [1.82, 2.24) is 5.32 Å². The van der Waals surface area contributed by atoms with Crippen LogP contribution in [0.3, 0.4) is 0 Å². The van der Waals surface area contributed by atoms with Gasteiger partial charge in [0.05, 0.1) is 11.1 Å². The zero-order valence-electron chi connectivity index (χ0n) is 12.3. The van der Waals surface area contributed by atoms with Gasteiger partial charge in [-0.15, -0.1) is 0 Å². The summed E-state index contributed by atoms with van der Waals surface area (Å²) in [5.74, 6) is 0.937. The van der Waals surface area contributed by atoms with Gasteiger partial charge in [0, 0.05) is 6.04 Å². The van der Waals surface area contributed by atoms with Crippen LogP contribution in [0.15, 0.2) is 22.7 Å². The zero-order chi connectivity index (χ0) is 14.1. The van der Waals surface area contributed by atoms with Crippen LogP contribution < -0.4 is 10.1 Å². The number of ether oxygens (including phenoxy) is 1. The number of unbranched alkanes of at least 4 members (excludes halogenated alkanes) is 2. The van der Waals surface area contributed by atoms with Crippen molar-refractivity contribution in [3.05, 3.63) is 28.2 Å². The average Bonchev–Trinajstić information content (AvgIpc) is 2.36. The van der Waals surface area contributed by atoms with E-state index in [4.69, 9.17) is 4.74 Å². The van der Waals surface area contributed by atoms with E-state index in [1.54, 1.807) is 0 Å². The summed E-state index contributed by atoms with van der Waals surface area (Å²) in [5.41, 5.74) is 1.38. The van der Waals surface area contributed by atoms with Crippen molar-refractivity contribution in [2.24, 2.45) is 0 Å². The van der Waals surface area contributed by atoms with Crippen LogP contribution in [0.5, 0.6) is 5.75 Å². The molecule has 0 atom stereocenters. The predicted octanol–water partition coefficient (Wildman–Crippen LogP) is 4.56. The number of halogens is 1. The maximum Gasteiger partial charge on any atom is 0.133 e. The molecule has 0 fully saturated rings. The van der Waals surface area contributed by atoms with Gasteiger partial charge in [-0.1, -0.05) is 26.3 Å². The molecule has 1 aromatic carbocycles. The maximum absolute atomic E-state index is 5.52. The number of benzene rings is 1. The fourth-order valence-corrected chi connectivity index (χ4v) is 2.53. The van der Waals surface area contributed by atoms with E-state index in [9.17, 15) is 0 Å².